The van der Waals surface area contributed by atoms with Gasteiger partial charge in [0, 0.05) is 0 Å². The van der Waals surface area contributed by atoms with Crippen LogP contribution in [0, 0.1) is 0 Å². The SMILES string of the molecule is CCC(C)(C)[S@+](C)[O-]. The molecule has 0 unspecified atom stereocenters. The van der Waals surface area contributed by atoms with E-state index >= 15 is 0 Å². The van der Waals surface area contributed by atoms with Crippen molar-refractivity contribution in [3.8, 4) is 0 Å². The molecule has 0 aromatic rings. The Hall–Kier alpha value is 0.310. The molecule has 0 amide bonds. The van der Waals surface area contributed by atoms with Crippen molar-refractivity contribution in [1.29, 1.82) is 0 Å². The van der Waals surface area contributed by atoms with Gasteiger partial charge in [0.1, 0.15) is 4.75 Å². The third-order valence-electron chi connectivity index (χ3n) is 1.63. The van der Waals surface area contributed by atoms with E-state index < -0.39 is 11.2 Å². The van der Waals surface area contributed by atoms with E-state index in [4.69, 9.17) is 0 Å². The molecule has 1 atom stereocenters. The van der Waals surface area contributed by atoms with Gasteiger partial charge in [-0.2, -0.15) is 0 Å². The maximum atomic E-state index is 10.8. The first kappa shape index (κ1) is 8.31. The lowest BCUT2D eigenvalue weighted by Crippen LogP contribution is -2.29. The second kappa shape index (κ2) is 2.74. The Bertz CT molecular complexity index is 68.9. The largest absolute Gasteiger partial charge is 0.616 e. The fourth-order valence-corrected chi connectivity index (χ4v) is 0.610. The third kappa shape index (κ3) is 2.05. The molecule has 0 fully saturated rings. The highest BCUT2D eigenvalue weighted by Gasteiger charge is 2.24. The van der Waals surface area contributed by atoms with Crippen molar-refractivity contribution in [1.82, 2.24) is 0 Å². The molecule has 8 heavy (non-hydrogen) atoms. The molecule has 0 aromatic heterocycles. The summed E-state index contributed by atoms with van der Waals surface area (Å²) in [5.41, 5.74) is 0. The molecule has 0 saturated carbocycles. The van der Waals surface area contributed by atoms with Gasteiger partial charge in [-0.15, -0.1) is 0 Å². The molecular weight excluding hydrogens is 120 g/mol. The van der Waals surface area contributed by atoms with E-state index in [1.807, 2.05) is 13.8 Å². The minimum Gasteiger partial charge on any atom is -0.616 e. The first-order valence-corrected chi connectivity index (χ1v) is 4.40. The molecule has 0 N–H and O–H groups in total. The van der Waals surface area contributed by atoms with Gasteiger partial charge in [-0.25, -0.2) is 0 Å². The van der Waals surface area contributed by atoms with Crippen LogP contribution in [-0.2, 0) is 11.2 Å². The van der Waals surface area contributed by atoms with Gasteiger partial charge in [0.15, 0.2) is 0 Å². The molecule has 0 saturated heterocycles. The van der Waals surface area contributed by atoms with Gasteiger partial charge in [-0.3, -0.25) is 0 Å². The van der Waals surface area contributed by atoms with Crippen molar-refractivity contribution in [3.63, 3.8) is 0 Å². The molecule has 1 nitrogen and oxygen atoms in total. The first-order chi connectivity index (χ1) is 3.50. The Balaban J connectivity index is 3.71. The molecule has 0 aliphatic heterocycles. The van der Waals surface area contributed by atoms with Crippen LogP contribution in [0.15, 0.2) is 0 Å². The molecule has 0 spiro atoms. The average Bonchev–Trinajstić information content (AvgIpc) is 1.67. The van der Waals surface area contributed by atoms with Crippen LogP contribution in [0.25, 0.3) is 0 Å². The fourth-order valence-electron chi connectivity index (χ4n) is 0.203. The molecule has 0 bridgehead atoms. The fraction of sp³-hybridized carbons (Fsp3) is 1.00. The molecule has 0 radical (unpaired) electrons. The zero-order chi connectivity index (χ0) is 6.78. The molecule has 2 heteroatoms. The van der Waals surface area contributed by atoms with Gasteiger partial charge in [-0.05, 0) is 20.3 Å². The number of hydrogen-bond donors (Lipinski definition) is 0. The zero-order valence-corrected chi connectivity index (χ0v) is 6.84. The van der Waals surface area contributed by atoms with E-state index in [0.29, 0.717) is 0 Å². The van der Waals surface area contributed by atoms with Crippen molar-refractivity contribution in [2.24, 2.45) is 0 Å². The van der Waals surface area contributed by atoms with Crippen LogP contribution >= 0.6 is 0 Å². The summed E-state index contributed by atoms with van der Waals surface area (Å²) in [6.07, 6.45) is 2.74. The summed E-state index contributed by atoms with van der Waals surface area (Å²) in [6, 6.07) is 0. The van der Waals surface area contributed by atoms with E-state index in [9.17, 15) is 4.55 Å². The Labute approximate surface area is 54.7 Å². The normalized spacial score (nSPS) is 16.1. The third-order valence-corrected chi connectivity index (χ3v) is 3.47. The number of rotatable bonds is 2. The van der Waals surface area contributed by atoms with Crippen molar-refractivity contribution in [2.45, 2.75) is 31.9 Å². The molecule has 0 heterocycles. The smallest absolute Gasteiger partial charge is 0.119 e. The van der Waals surface area contributed by atoms with Crippen LogP contribution < -0.4 is 0 Å². The number of hydrogen-bond acceptors (Lipinski definition) is 1. The van der Waals surface area contributed by atoms with E-state index in [0.717, 1.165) is 6.42 Å². The minimum atomic E-state index is -0.676. The topological polar surface area (TPSA) is 23.1 Å². The van der Waals surface area contributed by atoms with E-state index in [-0.39, 0.29) is 4.75 Å². The van der Waals surface area contributed by atoms with Crippen molar-refractivity contribution in [2.75, 3.05) is 6.26 Å². The summed E-state index contributed by atoms with van der Waals surface area (Å²) >= 11 is -0.676. The Morgan fingerprint density at radius 2 is 1.88 bits per heavy atom. The summed E-state index contributed by atoms with van der Waals surface area (Å²) in [7, 11) is 0. The zero-order valence-electron chi connectivity index (χ0n) is 6.02. The summed E-state index contributed by atoms with van der Waals surface area (Å²) in [5.74, 6) is 0. The molecule has 50 valence electrons. The van der Waals surface area contributed by atoms with Crippen LogP contribution in [-0.4, -0.2) is 15.6 Å². The molecule has 0 aliphatic carbocycles. The predicted octanol–water partition coefficient (Wildman–Crippen LogP) is 1.55. The van der Waals surface area contributed by atoms with Crippen LogP contribution in [0.5, 0.6) is 0 Å². The Morgan fingerprint density at radius 3 is 1.88 bits per heavy atom. The van der Waals surface area contributed by atoms with E-state index in [1.165, 1.54) is 0 Å². The summed E-state index contributed by atoms with van der Waals surface area (Å²) < 4.78 is 10.8. The first-order valence-electron chi connectivity index (χ1n) is 2.84. The Kier molecular flexibility index (Phi) is 2.84. The van der Waals surface area contributed by atoms with Gasteiger partial charge in [0.25, 0.3) is 0 Å². The molecular formula is C6H14OS. The van der Waals surface area contributed by atoms with Crippen LogP contribution in [0.3, 0.4) is 0 Å². The molecule has 0 aromatic carbocycles. The van der Waals surface area contributed by atoms with E-state index in [2.05, 4.69) is 6.92 Å². The quantitative estimate of drug-likeness (QED) is 0.525. The maximum Gasteiger partial charge on any atom is 0.119 e. The van der Waals surface area contributed by atoms with Gasteiger partial charge in [-0.1, -0.05) is 18.1 Å². The summed E-state index contributed by atoms with van der Waals surface area (Å²) in [5, 5.41) is 0. The van der Waals surface area contributed by atoms with Crippen molar-refractivity contribution in [3.05, 3.63) is 0 Å². The second-order valence-electron chi connectivity index (χ2n) is 2.57. The standard InChI is InChI=1S/C6H14OS/c1-5-6(2,3)8(4)7/h5H2,1-4H3/t8-/m0/s1. The van der Waals surface area contributed by atoms with E-state index in [1.54, 1.807) is 6.26 Å². The van der Waals surface area contributed by atoms with Gasteiger partial charge >= 0.3 is 0 Å². The predicted molar refractivity (Wildman–Crippen MR) is 38.4 cm³/mol. The highest BCUT2D eigenvalue weighted by molar-refractivity contribution is 7.92. The second-order valence-corrected chi connectivity index (χ2v) is 4.58. The van der Waals surface area contributed by atoms with Crippen LogP contribution in [0.2, 0.25) is 0 Å². The lowest BCUT2D eigenvalue weighted by atomic mass is 10.1. The summed E-state index contributed by atoms with van der Waals surface area (Å²) in [6.45, 7) is 6.09. The molecule has 0 rings (SSSR count). The van der Waals surface area contributed by atoms with Crippen LogP contribution in [0.1, 0.15) is 27.2 Å². The van der Waals surface area contributed by atoms with Gasteiger partial charge in [0.05, 0.1) is 6.26 Å². The highest BCUT2D eigenvalue weighted by atomic mass is 32.2. The maximum absolute atomic E-state index is 10.8. The minimum absolute atomic E-state index is 0.0139. The van der Waals surface area contributed by atoms with Crippen LogP contribution in [0.4, 0.5) is 0 Å². The van der Waals surface area contributed by atoms with Crippen molar-refractivity contribution < 1.29 is 4.55 Å². The van der Waals surface area contributed by atoms with Gasteiger partial charge < -0.3 is 4.55 Å². The lowest BCUT2D eigenvalue weighted by Gasteiger charge is -2.23. The summed E-state index contributed by atoms with van der Waals surface area (Å²) in [4.78, 5) is 0. The van der Waals surface area contributed by atoms with Crippen molar-refractivity contribution >= 4 is 11.2 Å². The van der Waals surface area contributed by atoms with Gasteiger partial charge in [0.2, 0.25) is 0 Å². The Morgan fingerprint density at radius 1 is 1.50 bits per heavy atom. The molecule has 0 aliphatic rings. The lowest BCUT2D eigenvalue weighted by molar-refractivity contribution is 0.544. The highest BCUT2D eigenvalue weighted by Crippen LogP contribution is 2.18. The average molecular weight is 134 g/mol. The monoisotopic (exact) mass is 134 g/mol.